The summed E-state index contributed by atoms with van der Waals surface area (Å²) in [4.78, 5) is 18.3. The Hall–Kier alpha value is -2.37. The molecule has 2 saturated heterocycles. The Labute approximate surface area is 158 Å². The Balaban J connectivity index is 1.35. The third kappa shape index (κ3) is 2.91. The van der Waals surface area contributed by atoms with E-state index in [-0.39, 0.29) is 11.8 Å². The lowest BCUT2D eigenvalue weighted by atomic mass is 9.76. The van der Waals surface area contributed by atoms with E-state index in [2.05, 4.69) is 34.6 Å². The lowest BCUT2D eigenvalue weighted by molar-refractivity contribution is -0.141. The molecule has 2 aliphatic rings. The standard InChI is InChI=1S/C22H25N3O2/c26-21(25-10-8-22(27)7-9-23-13-16(22)14-25)12-15-5-6-20-18(11-15)17-3-1-2-4-19(17)24-20/h1-6,11,16,23-24,27H,7-10,12-14H2/t16-,22-/m0/s1. The summed E-state index contributed by atoms with van der Waals surface area (Å²) in [5.41, 5.74) is 2.67. The van der Waals surface area contributed by atoms with Crippen molar-refractivity contribution in [3.8, 4) is 0 Å². The molecule has 2 aromatic carbocycles. The van der Waals surface area contributed by atoms with Crippen molar-refractivity contribution >= 4 is 27.7 Å². The van der Waals surface area contributed by atoms with Gasteiger partial charge in [-0.2, -0.15) is 0 Å². The van der Waals surface area contributed by atoms with Crippen LogP contribution in [0.15, 0.2) is 42.5 Å². The molecular formula is C22H25N3O2. The Bertz CT molecular complexity index is 1010. The number of benzene rings is 2. The lowest BCUT2D eigenvalue weighted by Crippen LogP contribution is -2.60. The number of para-hydroxylation sites is 1. The van der Waals surface area contributed by atoms with Crippen molar-refractivity contribution in [3.63, 3.8) is 0 Å². The average molecular weight is 363 g/mol. The third-order valence-corrected chi connectivity index (χ3v) is 6.42. The predicted octanol–water partition coefficient (Wildman–Crippen LogP) is 2.44. The zero-order chi connectivity index (χ0) is 18.4. The van der Waals surface area contributed by atoms with Crippen molar-refractivity contribution in [3.05, 3.63) is 48.0 Å². The van der Waals surface area contributed by atoms with E-state index in [0.717, 1.165) is 36.1 Å². The molecule has 27 heavy (non-hydrogen) atoms. The first kappa shape index (κ1) is 16.8. The summed E-state index contributed by atoms with van der Waals surface area (Å²) in [5, 5.41) is 16.5. The molecule has 5 nitrogen and oxygen atoms in total. The van der Waals surface area contributed by atoms with Crippen molar-refractivity contribution in [2.75, 3.05) is 26.2 Å². The second-order valence-electron chi connectivity index (χ2n) is 8.07. The number of aliphatic hydroxyl groups is 1. The van der Waals surface area contributed by atoms with Crippen LogP contribution in [-0.4, -0.2) is 52.7 Å². The molecule has 5 rings (SSSR count). The minimum absolute atomic E-state index is 0.139. The van der Waals surface area contributed by atoms with Gasteiger partial charge in [-0.1, -0.05) is 24.3 Å². The van der Waals surface area contributed by atoms with Crippen molar-refractivity contribution in [1.82, 2.24) is 15.2 Å². The van der Waals surface area contributed by atoms with Crippen molar-refractivity contribution in [1.29, 1.82) is 0 Å². The van der Waals surface area contributed by atoms with Gasteiger partial charge in [0, 0.05) is 47.4 Å². The van der Waals surface area contributed by atoms with Crippen LogP contribution in [0.4, 0.5) is 0 Å². The number of rotatable bonds is 2. The SMILES string of the molecule is O=C(Cc1ccc2[nH]c3ccccc3c2c1)N1CC[C@@]2(O)CCNC[C@H]2C1. The quantitative estimate of drug-likeness (QED) is 0.655. The smallest absolute Gasteiger partial charge is 0.227 e. The van der Waals surface area contributed by atoms with Gasteiger partial charge < -0.3 is 20.3 Å². The summed E-state index contributed by atoms with van der Waals surface area (Å²) in [5.74, 6) is 0.293. The summed E-state index contributed by atoms with van der Waals surface area (Å²) in [6.07, 6.45) is 1.89. The molecule has 0 spiro atoms. The number of hydrogen-bond donors (Lipinski definition) is 3. The molecule has 1 amide bonds. The number of aromatic amines is 1. The highest BCUT2D eigenvalue weighted by Gasteiger charge is 2.43. The van der Waals surface area contributed by atoms with Gasteiger partial charge in [-0.25, -0.2) is 0 Å². The Morgan fingerprint density at radius 1 is 1.15 bits per heavy atom. The zero-order valence-corrected chi connectivity index (χ0v) is 15.4. The van der Waals surface area contributed by atoms with E-state index < -0.39 is 5.60 Å². The number of likely N-dealkylation sites (tertiary alicyclic amines) is 1. The molecule has 0 bridgehead atoms. The van der Waals surface area contributed by atoms with Gasteiger partial charge in [-0.3, -0.25) is 4.79 Å². The number of carbonyl (C=O) groups is 1. The van der Waals surface area contributed by atoms with Crippen LogP contribution in [0, 0.1) is 5.92 Å². The fourth-order valence-corrected chi connectivity index (χ4v) is 4.74. The number of fused-ring (bicyclic) bond motifs is 4. The van der Waals surface area contributed by atoms with Gasteiger partial charge in [0.05, 0.1) is 12.0 Å². The first-order valence-corrected chi connectivity index (χ1v) is 9.83. The minimum Gasteiger partial charge on any atom is -0.389 e. The second-order valence-corrected chi connectivity index (χ2v) is 8.07. The first-order chi connectivity index (χ1) is 13.1. The summed E-state index contributed by atoms with van der Waals surface area (Å²) in [7, 11) is 0. The number of piperidine rings is 2. The van der Waals surface area contributed by atoms with E-state index in [1.807, 2.05) is 23.1 Å². The molecule has 1 aromatic heterocycles. The van der Waals surface area contributed by atoms with Gasteiger partial charge in [-0.05, 0) is 43.1 Å². The number of carbonyl (C=O) groups excluding carboxylic acids is 1. The molecule has 3 heterocycles. The van der Waals surface area contributed by atoms with Gasteiger partial charge in [0.25, 0.3) is 0 Å². The largest absolute Gasteiger partial charge is 0.389 e. The molecular weight excluding hydrogens is 338 g/mol. The van der Waals surface area contributed by atoms with Gasteiger partial charge in [-0.15, -0.1) is 0 Å². The van der Waals surface area contributed by atoms with Crippen LogP contribution in [0.1, 0.15) is 18.4 Å². The maximum Gasteiger partial charge on any atom is 0.227 e. The number of amides is 1. The van der Waals surface area contributed by atoms with E-state index in [1.54, 1.807) is 0 Å². The van der Waals surface area contributed by atoms with Crippen LogP contribution < -0.4 is 5.32 Å². The highest BCUT2D eigenvalue weighted by molar-refractivity contribution is 6.07. The molecule has 2 fully saturated rings. The maximum atomic E-state index is 12.9. The van der Waals surface area contributed by atoms with Gasteiger partial charge >= 0.3 is 0 Å². The van der Waals surface area contributed by atoms with Crippen LogP contribution in [0.2, 0.25) is 0 Å². The number of aromatic nitrogens is 1. The molecule has 2 aliphatic heterocycles. The average Bonchev–Trinajstić information content (AvgIpc) is 3.05. The van der Waals surface area contributed by atoms with Gasteiger partial charge in [0.2, 0.25) is 5.91 Å². The number of H-pyrrole nitrogens is 1. The van der Waals surface area contributed by atoms with Crippen LogP contribution in [0.25, 0.3) is 21.8 Å². The topological polar surface area (TPSA) is 68.4 Å². The molecule has 0 unspecified atom stereocenters. The number of nitrogens with zero attached hydrogens (tertiary/aromatic N) is 1. The predicted molar refractivity (Wildman–Crippen MR) is 107 cm³/mol. The summed E-state index contributed by atoms with van der Waals surface area (Å²) in [6, 6.07) is 14.5. The molecule has 140 valence electrons. The monoisotopic (exact) mass is 363 g/mol. The van der Waals surface area contributed by atoms with Gasteiger partial charge in [0.1, 0.15) is 0 Å². The van der Waals surface area contributed by atoms with E-state index in [4.69, 9.17) is 0 Å². The van der Waals surface area contributed by atoms with E-state index in [9.17, 15) is 9.90 Å². The molecule has 2 atom stereocenters. The molecule has 0 radical (unpaired) electrons. The second kappa shape index (κ2) is 6.36. The highest BCUT2D eigenvalue weighted by Crippen LogP contribution is 2.33. The fourth-order valence-electron chi connectivity index (χ4n) is 4.74. The first-order valence-electron chi connectivity index (χ1n) is 9.83. The van der Waals surface area contributed by atoms with Crippen LogP contribution in [0.5, 0.6) is 0 Å². The highest BCUT2D eigenvalue weighted by atomic mass is 16.3. The zero-order valence-electron chi connectivity index (χ0n) is 15.4. The fraction of sp³-hybridized carbons (Fsp3) is 0.409. The molecule has 3 aromatic rings. The number of hydrogen-bond acceptors (Lipinski definition) is 3. The minimum atomic E-state index is -0.592. The lowest BCUT2D eigenvalue weighted by Gasteiger charge is -2.47. The van der Waals surface area contributed by atoms with E-state index in [0.29, 0.717) is 25.9 Å². The Morgan fingerprint density at radius 3 is 2.93 bits per heavy atom. The Kier molecular flexibility index (Phi) is 3.95. The maximum absolute atomic E-state index is 12.9. The van der Waals surface area contributed by atoms with Crippen LogP contribution in [0.3, 0.4) is 0 Å². The van der Waals surface area contributed by atoms with E-state index >= 15 is 0 Å². The van der Waals surface area contributed by atoms with Crippen molar-refractivity contribution in [2.24, 2.45) is 5.92 Å². The van der Waals surface area contributed by atoms with Crippen LogP contribution >= 0.6 is 0 Å². The number of nitrogens with one attached hydrogen (secondary N) is 2. The van der Waals surface area contributed by atoms with E-state index in [1.165, 1.54) is 10.8 Å². The van der Waals surface area contributed by atoms with Gasteiger partial charge in [0.15, 0.2) is 0 Å². The summed E-state index contributed by atoms with van der Waals surface area (Å²) < 4.78 is 0. The van der Waals surface area contributed by atoms with Crippen LogP contribution in [-0.2, 0) is 11.2 Å². The normalized spacial score (nSPS) is 25.7. The van der Waals surface area contributed by atoms with Crippen molar-refractivity contribution < 1.29 is 9.90 Å². The summed E-state index contributed by atoms with van der Waals surface area (Å²) in [6.45, 7) is 2.96. The molecule has 5 heteroatoms. The summed E-state index contributed by atoms with van der Waals surface area (Å²) >= 11 is 0. The Morgan fingerprint density at radius 2 is 2.00 bits per heavy atom. The molecule has 3 N–H and O–H groups in total. The molecule has 0 aliphatic carbocycles. The van der Waals surface area contributed by atoms with Crippen molar-refractivity contribution in [2.45, 2.75) is 24.9 Å². The molecule has 0 saturated carbocycles. The third-order valence-electron chi connectivity index (χ3n) is 6.42.